The minimum Gasteiger partial charge on any atom is -0.393 e. The molecule has 1 aromatic carbocycles. The van der Waals surface area contributed by atoms with E-state index < -0.39 is 5.82 Å². The highest BCUT2D eigenvalue weighted by atomic mass is 35.5. The number of hydrogen-bond acceptors (Lipinski definition) is 3. The van der Waals surface area contributed by atoms with Gasteiger partial charge in [0, 0.05) is 6.04 Å². The number of aliphatic hydroxyl groups is 1. The molecule has 0 radical (unpaired) electrons. The molecule has 0 bridgehead atoms. The van der Waals surface area contributed by atoms with E-state index in [9.17, 15) is 14.3 Å². The summed E-state index contributed by atoms with van der Waals surface area (Å²) in [6, 6.07) is 3.82. The van der Waals surface area contributed by atoms with Crippen LogP contribution < -0.4 is 10.6 Å². The van der Waals surface area contributed by atoms with Gasteiger partial charge in [-0.2, -0.15) is 0 Å². The van der Waals surface area contributed by atoms with Crippen LogP contribution in [0.1, 0.15) is 36.0 Å². The van der Waals surface area contributed by atoms with Gasteiger partial charge in [0.15, 0.2) is 0 Å². The second kappa shape index (κ2) is 7.16. The molecule has 126 valence electrons. The average Bonchev–Trinajstić information content (AvgIpc) is 2.53. The smallest absolute Gasteiger partial charge is 0.253 e. The van der Waals surface area contributed by atoms with Crippen molar-refractivity contribution in [3.63, 3.8) is 0 Å². The van der Waals surface area contributed by atoms with Crippen molar-refractivity contribution in [2.45, 2.75) is 37.8 Å². The molecule has 4 nitrogen and oxygen atoms in total. The number of piperidine rings is 1. The monoisotopic (exact) mass is 340 g/mol. The highest BCUT2D eigenvalue weighted by molar-refractivity contribution is 6.33. The molecule has 1 aliphatic carbocycles. The number of carbonyl (C=O) groups excluding carboxylic acids is 1. The minimum atomic E-state index is -0.475. The van der Waals surface area contributed by atoms with Crippen LogP contribution in [0.15, 0.2) is 18.2 Å². The molecule has 6 heteroatoms. The zero-order valence-electron chi connectivity index (χ0n) is 12.9. The van der Waals surface area contributed by atoms with E-state index in [1.54, 1.807) is 0 Å². The Hall–Kier alpha value is -1.17. The van der Waals surface area contributed by atoms with Gasteiger partial charge >= 0.3 is 0 Å². The first kappa shape index (κ1) is 16.7. The lowest BCUT2D eigenvalue weighted by molar-refractivity contribution is 0.00919. The van der Waals surface area contributed by atoms with Crippen LogP contribution in [0, 0.1) is 17.7 Å². The zero-order chi connectivity index (χ0) is 16.4. The molecule has 0 aromatic heterocycles. The van der Waals surface area contributed by atoms with Crippen LogP contribution in [0.3, 0.4) is 0 Å². The lowest BCUT2D eigenvalue weighted by Crippen LogP contribution is -2.52. The molecule has 1 unspecified atom stereocenters. The average molecular weight is 341 g/mol. The van der Waals surface area contributed by atoms with E-state index in [0.29, 0.717) is 18.8 Å². The molecule has 1 atom stereocenters. The number of hydrogen-bond donors (Lipinski definition) is 3. The first-order valence-corrected chi connectivity index (χ1v) is 8.57. The minimum absolute atomic E-state index is 0.00679. The molecule has 23 heavy (non-hydrogen) atoms. The summed E-state index contributed by atoms with van der Waals surface area (Å²) in [6.07, 6.45) is 3.15. The molecule has 1 saturated heterocycles. The van der Waals surface area contributed by atoms with Crippen LogP contribution in [-0.4, -0.2) is 36.2 Å². The van der Waals surface area contributed by atoms with Crippen LogP contribution in [0.2, 0.25) is 5.02 Å². The highest BCUT2D eigenvalue weighted by Gasteiger charge is 2.39. The van der Waals surface area contributed by atoms with E-state index in [1.165, 1.54) is 18.2 Å². The Morgan fingerprint density at radius 2 is 2.00 bits per heavy atom. The largest absolute Gasteiger partial charge is 0.393 e. The molecular formula is C17H22ClFN2O2. The summed E-state index contributed by atoms with van der Waals surface area (Å²) in [4.78, 5) is 12.6. The summed E-state index contributed by atoms with van der Waals surface area (Å²) in [7, 11) is 0. The summed E-state index contributed by atoms with van der Waals surface area (Å²) in [5.74, 6) is -0.147. The Morgan fingerprint density at radius 1 is 1.30 bits per heavy atom. The van der Waals surface area contributed by atoms with Gasteiger partial charge in [-0.1, -0.05) is 11.6 Å². The molecule has 0 spiro atoms. The van der Waals surface area contributed by atoms with Gasteiger partial charge in [0.05, 0.1) is 16.7 Å². The third kappa shape index (κ3) is 3.84. The van der Waals surface area contributed by atoms with Crippen molar-refractivity contribution in [1.29, 1.82) is 0 Å². The van der Waals surface area contributed by atoms with Crippen molar-refractivity contribution >= 4 is 17.5 Å². The van der Waals surface area contributed by atoms with Crippen LogP contribution >= 0.6 is 11.6 Å². The Kier molecular flexibility index (Phi) is 5.19. The lowest BCUT2D eigenvalue weighted by atomic mass is 9.71. The van der Waals surface area contributed by atoms with Crippen molar-refractivity contribution in [3.05, 3.63) is 34.6 Å². The van der Waals surface area contributed by atoms with Crippen molar-refractivity contribution in [3.8, 4) is 0 Å². The first-order valence-electron chi connectivity index (χ1n) is 8.19. The van der Waals surface area contributed by atoms with E-state index in [2.05, 4.69) is 10.6 Å². The molecular weight excluding hydrogens is 319 g/mol. The molecule has 2 aliphatic rings. The molecule has 3 N–H and O–H groups in total. The summed E-state index contributed by atoms with van der Waals surface area (Å²) >= 11 is 6.03. The fraction of sp³-hybridized carbons (Fsp3) is 0.588. The highest BCUT2D eigenvalue weighted by Crippen LogP contribution is 2.36. The molecule has 1 amide bonds. The molecule has 1 aliphatic heterocycles. The van der Waals surface area contributed by atoms with E-state index in [-0.39, 0.29) is 34.6 Å². The normalized spacial score (nSPS) is 26.4. The van der Waals surface area contributed by atoms with Crippen molar-refractivity contribution in [2.24, 2.45) is 11.8 Å². The van der Waals surface area contributed by atoms with E-state index in [0.717, 1.165) is 25.9 Å². The number of carbonyl (C=O) groups is 1. The Bertz CT molecular complexity index is 572. The first-order chi connectivity index (χ1) is 11.0. The summed E-state index contributed by atoms with van der Waals surface area (Å²) in [5, 5.41) is 16.2. The summed E-state index contributed by atoms with van der Waals surface area (Å²) in [6.45, 7) is 1.88. The predicted octanol–water partition coefficient (Wildman–Crippen LogP) is 2.35. The number of nitrogens with one attached hydrogen (secondary N) is 2. The fourth-order valence-electron chi connectivity index (χ4n) is 3.65. The van der Waals surface area contributed by atoms with Crippen molar-refractivity contribution in [1.82, 2.24) is 10.6 Å². The molecule has 1 saturated carbocycles. The maximum Gasteiger partial charge on any atom is 0.253 e. The third-order valence-corrected chi connectivity index (χ3v) is 5.35. The van der Waals surface area contributed by atoms with E-state index >= 15 is 0 Å². The third-order valence-electron chi connectivity index (χ3n) is 5.02. The molecule has 2 fully saturated rings. The van der Waals surface area contributed by atoms with Gasteiger partial charge in [-0.05, 0) is 68.8 Å². The quantitative estimate of drug-likeness (QED) is 0.788. The Morgan fingerprint density at radius 3 is 2.65 bits per heavy atom. The predicted molar refractivity (Wildman–Crippen MR) is 87.0 cm³/mol. The van der Waals surface area contributed by atoms with Gasteiger partial charge in [-0.3, -0.25) is 4.79 Å². The van der Waals surface area contributed by atoms with Crippen LogP contribution in [0.4, 0.5) is 4.39 Å². The van der Waals surface area contributed by atoms with Gasteiger partial charge in [0.1, 0.15) is 5.82 Å². The standard InChI is InChI=1S/C17H22ClFN2O2/c18-15-2-1-12(19)9-14(15)17(23)21-16(11-7-13(22)8-11)10-3-5-20-6-4-10/h1-2,9-11,13,16,20,22H,3-8H2,(H,21,23). The second-order valence-electron chi connectivity index (χ2n) is 6.60. The SMILES string of the molecule is O=C(NC(C1CCNCC1)C1CC(O)C1)c1cc(F)ccc1Cl. The van der Waals surface area contributed by atoms with Crippen molar-refractivity contribution in [2.75, 3.05) is 13.1 Å². The van der Waals surface area contributed by atoms with Crippen LogP contribution in [0.5, 0.6) is 0 Å². The van der Waals surface area contributed by atoms with E-state index in [1.807, 2.05) is 0 Å². The number of rotatable bonds is 4. The Labute approximate surface area is 140 Å². The number of benzene rings is 1. The number of amides is 1. The molecule has 1 heterocycles. The van der Waals surface area contributed by atoms with Crippen LogP contribution in [0.25, 0.3) is 0 Å². The summed E-state index contributed by atoms with van der Waals surface area (Å²) in [5.41, 5.74) is 0.172. The number of halogens is 2. The van der Waals surface area contributed by atoms with E-state index in [4.69, 9.17) is 11.6 Å². The van der Waals surface area contributed by atoms with Crippen molar-refractivity contribution < 1.29 is 14.3 Å². The topological polar surface area (TPSA) is 61.4 Å². The van der Waals surface area contributed by atoms with Crippen LogP contribution in [-0.2, 0) is 0 Å². The lowest BCUT2D eigenvalue weighted by Gasteiger charge is -2.43. The van der Waals surface area contributed by atoms with Gasteiger partial charge in [0.25, 0.3) is 5.91 Å². The molecule has 3 rings (SSSR count). The Balaban J connectivity index is 1.74. The maximum absolute atomic E-state index is 13.4. The molecule has 1 aromatic rings. The fourth-order valence-corrected chi connectivity index (χ4v) is 3.85. The summed E-state index contributed by atoms with van der Waals surface area (Å²) < 4.78 is 13.4. The van der Waals surface area contributed by atoms with Gasteiger partial charge in [0.2, 0.25) is 0 Å². The zero-order valence-corrected chi connectivity index (χ0v) is 13.7. The van der Waals surface area contributed by atoms with Gasteiger partial charge in [-0.15, -0.1) is 0 Å². The van der Waals surface area contributed by atoms with Gasteiger partial charge < -0.3 is 15.7 Å². The second-order valence-corrected chi connectivity index (χ2v) is 7.00. The maximum atomic E-state index is 13.4. The van der Waals surface area contributed by atoms with Gasteiger partial charge in [-0.25, -0.2) is 4.39 Å². The number of aliphatic hydroxyl groups excluding tert-OH is 1.